The number of aryl methyl sites for hydroxylation is 1. The van der Waals surface area contributed by atoms with Gasteiger partial charge in [-0.05, 0) is 38.5 Å². The molecule has 5 nitrogen and oxygen atoms in total. The Bertz CT molecular complexity index is 544. The van der Waals surface area contributed by atoms with E-state index in [1.807, 2.05) is 11.1 Å². The number of rotatable bonds is 4. The summed E-state index contributed by atoms with van der Waals surface area (Å²) < 4.78 is 0. The van der Waals surface area contributed by atoms with Crippen LogP contribution in [0.15, 0.2) is 6.20 Å². The third-order valence-electron chi connectivity index (χ3n) is 4.94. The van der Waals surface area contributed by atoms with Gasteiger partial charge in [-0.25, -0.2) is 9.78 Å². The van der Waals surface area contributed by atoms with E-state index in [2.05, 4.69) is 22.1 Å². The van der Waals surface area contributed by atoms with Crippen LogP contribution in [-0.4, -0.2) is 53.0 Å². The van der Waals surface area contributed by atoms with Crippen molar-refractivity contribution in [1.29, 1.82) is 0 Å². The van der Waals surface area contributed by atoms with E-state index in [1.165, 1.54) is 30.6 Å². The van der Waals surface area contributed by atoms with Crippen LogP contribution in [0, 0.1) is 12.8 Å². The Morgan fingerprint density at radius 2 is 2.00 bits per heavy atom. The predicted molar refractivity (Wildman–Crippen MR) is 87.0 cm³/mol. The summed E-state index contributed by atoms with van der Waals surface area (Å²) in [5.41, 5.74) is 0. The first kappa shape index (κ1) is 14.5. The number of amides is 2. The van der Waals surface area contributed by atoms with E-state index in [4.69, 9.17) is 0 Å². The number of urea groups is 1. The fraction of sp³-hybridized carbons (Fsp3) is 0.750. The molecule has 1 aromatic rings. The summed E-state index contributed by atoms with van der Waals surface area (Å²) in [4.78, 5) is 22.8. The minimum absolute atomic E-state index is 0.0974. The van der Waals surface area contributed by atoms with Gasteiger partial charge in [-0.15, -0.1) is 11.3 Å². The summed E-state index contributed by atoms with van der Waals surface area (Å²) in [5, 5.41) is 4.33. The Hall–Kier alpha value is -1.14. The van der Waals surface area contributed by atoms with Gasteiger partial charge < -0.3 is 10.2 Å². The molecular formula is C16H24N4OS. The highest BCUT2D eigenvalue weighted by atomic mass is 32.1. The van der Waals surface area contributed by atoms with Crippen LogP contribution >= 0.6 is 11.3 Å². The van der Waals surface area contributed by atoms with Gasteiger partial charge in [-0.2, -0.15) is 0 Å². The molecule has 1 saturated heterocycles. The van der Waals surface area contributed by atoms with Crippen molar-refractivity contribution < 1.29 is 4.79 Å². The lowest BCUT2D eigenvalue weighted by atomic mass is 10.2. The number of nitrogens with zero attached hydrogens (tertiary/aromatic N) is 3. The smallest absolute Gasteiger partial charge is 0.318 e. The quantitative estimate of drug-likeness (QED) is 0.927. The maximum Gasteiger partial charge on any atom is 0.318 e. The number of piperazine rings is 1. The molecule has 2 aliphatic carbocycles. The van der Waals surface area contributed by atoms with Gasteiger partial charge in [-0.1, -0.05) is 0 Å². The molecular weight excluding hydrogens is 296 g/mol. The van der Waals surface area contributed by atoms with Gasteiger partial charge in [0.05, 0.1) is 6.04 Å². The third-order valence-corrected chi connectivity index (χ3v) is 5.94. The Morgan fingerprint density at radius 3 is 2.55 bits per heavy atom. The van der Waals surface area contributed by atoms with Gasteiger partial charge in [0.25, 0.3) is 0 Å². The second kappa shape index (κ2) is 5.81. The summed E-state index contributed by atoms with van der Waals surface area (Å²) in [7, 11) is 0. The van der Waals surface area contributed by atoms with Gasteiger partial charge in [-0.3, -0.25) is 4.90 Å². The van der Waals surface area contributed by atoms with Gasteiger partial charge in [0.2, 0.25) is 0 Å². The van der Waals surface area contributed by atoms with E-state index in [0.29, 0.717) is 5.92 Å². The molecule has 2 amide bonds. The van der Waals surface area contributed by atoms with Crippen LogP contribution in [0.3, 0.4) is 0 Å². The molecule has 0 unspecified atom stereocenters. The minimum atomic E-state index is 0.0974. The van der Waals surface area contributed by atoms with Crippen molar-refractivity contribution in [1.82, 2.24) is 20.1 Å². The van der Waals surface area contributed by atoms with E-state index in [0.717, 1.165) is 37.2 Å². The van der Waals surface area contributed by atoms with Crippen LogP contribution in [0.2, 0.25) is 0 Å². The molecule has 6 heteroatoms. The number of nitrogens with one attached hydrogen (secondary N) is 1. The molecule has 2 heterocycles. The first-order valence-electron chi connectivity index (χ1n) is 8.42. The van der Waals surface area contributed by atoms with Gasteiger partial charge in [0, 0.05) is 43.3 Å². The normalized spacial score (nSPS) is 24.3. The number of aromatic nitrogens is 1. The Labute approximate surface area is 135 Å². The topological polar surface area (TPSA) is 48.5 Å². The van der Waals surface area contributed by atoms with E-state index in [-0.39, 0.29) is 12.1 Å². The van der Waals surface area contributed by atoms with Crippen molar-refractivity contribution in [2.24, 2.45) is 5.92 Å². The lowest BCUT2D eigenvalue weighted by Crippen LogP contribution is -2.52. The Kier molecular flexibility index (Phi) is 3.82. The lowest BCUT2D eigenvalue weighted by Gasteiger charge is -2.35. The van der Waals surface area contributed by atoms with E-state index in [9.17, 15) is 4.79 Å². The van der Waals surface area contributed by atoms with Crippen LogP contribution < -0.4 is 5.32 Å². The SMILES string of the molecule is Cc1cnc([C@@H](NC(=O)N2CCN(C3CC3)CC2)C2CC2)s1. The van der Waals surface area contributed by atoms with Crippen LogP contribution in [0.1, 0.15) is 41.6 Å². The molecule has 4 rings (SSSR count). The summed E-state index contributed by atoms with van der Waals surface area (Å²) in [6, 6.07) is 1.02. The average molecular weight is 320 g/mol. The summed E-state index contributed by atoms with van der Waals surface area (Å²) >= 11 is 1.71. The molecule has 0 aromatic carbocycles. The average Bonchev–Trinajstić information content (AvgIpc) is 3.43. The molecule has 120 valence electrons. The predicted octanol–water partition coefficient (Wildman–Crippen LogP) is 2.39. The van der Waals surface area contributed by atoms with Crippen LogP contribution in [0.4, 0.5) is 4.79 Å². The first-order valence-corrected chi connectivity index (χ1v) is 9.24. The minimum Gasteiger partial charge on any atom is -0.328 e. The molecule has 0 spiro atoms. The van der Waals surface area contributed by atoms with E-state index >= 15 is 0 Å². The Morgan fingerprint density at radius 1 is 1.27 bits per heavy atom. The van der Waals surface area contributed by atoms with Crippen LogP contribution in [0.25, 0.3) is 0 Å². The number of carbonyl (C=O) groups excluding carboxylic acids is 1. The zero-order chi connectivity index (χ0) is 15.1. The maximum atomic E-state index is 12.6. The van der Waals surface area contributed by atoms with Crippen molar-refractivity contribution in [3.05, 3.63) is 16.1 Å². The summed E-state index contributed by atoms with van der Waals surface area (Å²) in [5.74, 6) is 0.585. The lowest BCUT2D eigenvalue weighted by molar-refractivity contribution is 0.132. The third kappa shape index (κ3) is 3.13. The fourth-order valence-corrected chi connectivity index (χ4v) is 4.20. The maximum absolute atomic E-state index is 12.6. The molecule has 1 aromatic heterocycles. The molecule has 1 N–H and O–H groups in total. The first-order chi connectivity index (χ1) is 10.7. The number of hydrogen-bond donors (Lipinski definition) is 1. The monoisotopic (exact) mass is 320 g/mol. The zero-order valence-electron chi connectivity index (χ0n) is 13.1. The van der Waals surface area contributed by atoms with Crippen molar-refractivity contribution in [3.8, 4) is 0 Å². The van der Waals surface area contributed by atoms with Gasteiger partial charge in [0.15, 0.2) is 0 Å². The molecule has 3 fully saturated rings. The highest BCUT2D eigenvalue weighted by molar-refractivity contribution is 7.11. The van der Waals surface area contributed by atoms with Crippen LogP contribution in [0.5, 0.6) is 0 Å². The molecule has 0 radical (unpaired) electrons. The fourth-order valence-electron chi connectivity index (χ4n) is 3.28. The second-order valence-electron chi connectivity index (χ2n) is 6.83. The second-order valence-corrected chi connectivity index (χ2v) is 8.09. The molecule has 3 aliphatic rings. The van der Waals surface area contributed by atoms with Gasteiger partial charge >= 0.3 is 6.03 Å². The van der Waals surface area contributed by atoms with Crippen molar-refractivity contribution in [3.63, 3.8) is 0 Å². The van der Waals surface area contributed by atoms with Crippen molar-refractivity contribution in [2.75, 3.05) is 26.2 Å². The largest absolute Gasteiger partial charge is 0.328 e. The van der Waals surface area contributed by atoms with Crippen molar-refractivity contribution >= 4 is 17.4 Å². The van der Waals surface area contributed by atoms with Crippen LogP contribution in [-0.2, 0) is 0 Å². The highest BCUT2D eigenvalue weighted by Gasteiger charge is 2.37. The molecule has 2 saturated carbocycles. The molecule has 22 heavy (non-hydrogen) atoms. The molecule has 1 aliphatic heterocycles. The number of hydrogen-bond acceptors (Lipinski definition) is 4. The number of carbonyl (C=O) groups is 1. The molecule has 0 bridgehead atoms. The summed E-state index contributed by atoms with van der Waals surface area (Å²) in [6.45, 7) is 5.85. The van der Waals surface area contributed by atoms with Gasteiger partial charge in [0.1, 0.15) is 5.01 Å². The van der Waals surface area contributed by atoms with E-state index in [1.54, 1.807) is 11.3 Å². The standard InChI is InChI=1S/C16H24N4OS/c1-11-10-17-15(22-11)14(12-2-3-12)18-16(21)20-8-6-19(7-9-20)13-4-5-13/h10,12-14H,2-9H2,1H3,(H,18,21)/t14-/m0/s1. The molecule has 1 atom stereocenters. The summed E-state index contributed by atoms with van der Waals surface area (Å²) in [6.07, 6.45) is 7.02. The van der Waals surface area contributed by atoms with Crippen molar-refractivity contribution in [2.45, 2.75) is 44.7 Å². The van der Waals surface area contributed by atoms with E-state index < -0.39 is 0 Å². The Balaban J connectivity index is 1.35. The highest BCUT2D eigenvalue weighted by Crippen LogP contribution is 2.42. The zero-order valence-corrected chi connectivity index (χ0v) is 13.9. The number of thiazole rings is 1.